The lowest BCUT2D eigenvalue weighted by Crippen LogP contribution is -2.40. The number of aliphatic imine (C=N–C) groups is 1. The number of amidine groups is 1. The van der Waals surface area contributed by atoms with Gasteiger partial charge >= 0.3 is 5.97 Å². The summed E-state index contributed by atoms with van der Waals surface area (Å²) in [4.78, 5) is 31.6. The molecule has 0 saturated carbocycles. The number of nitrogens with zero attached hydrogens (tertiary/aromatic N) is 2. The molecular formula is C18H18Cl2N2O3S. The van der Waals surface area contributed by atoms with Gasteiger partial charge in [-0.3, -0.25) is 9.69 Å². The molecule has 1 aromatic rings. The van der Waals surface area contributed by atoms with Crippen molar-refractivity contribution in [2.24, 2.45) is 4.99 Å². The van der Waals surface area contributed by atoms with Crippen LogP contribution < -0.4 is 0 Å². The number of hydrogen-bond acceptors (Lipinski definition) is 5. The van der Waals surface area contributed by atoms with Crippen LogP contribution >= 0.6 is 35.0 Å². The standard InChI is InChI=1S/C18H18Cl2N2O3S/c1-8(2)25-17(24)14-9(3)21-18-22(16(23)10(4)26-18)15(14)11-5-6-12(19)13(20)7-11/h5-8,10,15H,1-4H3. The van der Waals surface area contributed by atoms with Crippen LogP contribution in [-0.4, -0.2) is 33.3 Å². The van der Waals surface area contributed by atoms with Crippen molar-refractivity contribution in [2.75, 3.05) is 0 Å². The van der Waals surface area contributed by atoms with Crippen LogP contribution in [0.5, 0.6) is 0 Å². The molecule has 2 unspecified atom stereocenters. The lowest BCUT2D eigenvalue weighted by atomic mass is 9.94. The number of carbonyl (C=O) groups is 2. The van der Waals surface area contributed by atoms with Crippen LogP contribution in [0.2, 0.25) is 10.0 Å². The first-order valence-corrected chi connectivity index (χ1v) is 9.79. The minimum Gasteiger partial charge on any atom is -0.459 e. The van der Waals surface area contributed by atoms with E-state index in [0.29, 0.717) is 32.0 Å². The van der Waals surface area contributed by atoms with Crippen LogP contribution in [0.15, 0.2) is 34.5 Å². The molecule has 2 heterocycles. The molecule has 5 nitrogen and oxygen atoms in total. The van der Waals surface area contributed by atoms with Gasteiger partial charge in [-0.15, -0.1) is 0 Å². The fourth-order valence-electron chi connectivity index (χ4n) is 2.94. The molecule has 1 fully saturated rings. The van der Waals surface area contributed by atoms with Gasteiger partial charge in [-0.25, -0.2) is 9.79 Å². The number of fused-ring (bicyclic) bond motifs is 1. The lowest BCUT2D eigenvalue weighted by molar-refractivity contribution is -0.143. The molecule has 8 heteroatoms. The van der Waals surface area contributed by atoms with Crippen LogP contribution in [0.25, 0.3) is 0 Å². The number of amides is 1. The molecule has 0 spiro atoms. The molecule has 2 aliphatic heterocycles. The van der Waals surface area contributed by atoms with Gasteiger partial charge in [-0.1, -0.05) is 41.0 Å². The minimum atomic E-state index is -0.645. The fraction of sp³-hybridized carbons (Fsp3) is 0.389. The summed E-state index contributed by atoms with van der Waals surface area (Å²) in [6.45, 7) is 7.12. The number of carbonyl (C=O) groups excluding carboxylic acids is 2. The molecule has 3 rings (SSSR count). The fourth-order valence-corrected chi connectivity index (χ4v) is 4.27. The van der Waals surface area contributed by atoms with Gasteiger partial charge in [0.15, 0.2) is 5.17 Å². The maximum absolute atomic E-state index is 12.8. The van der Waals surface area contributed by atoms with Crippen LogP contribution in [0.4, 0.5) is 0 Å². The zero-order chi connectivity index (χ0) is 19.2. The SMILES string of the molecule is CC1=C(C(=O)OC(C)C)C(c2ccc(Cl)c(Cl)c2)N2C(=O)C(C)SC2=N1. The zero-order valence-corrected chi connectivity index (χ0v) is 17.1. The molecule has 138 valence electrons. The molecule has 0 aliphatic carbocycles. The third-order valence-corrected chi connectivity index (χ3v) is 5.87. The Morgan fingerprint density at radius 1 is 1.31 bits per heavy atom. The largest absolute Gasteiger partial charge is 0.459 e. The van der Waals surface area contributed by atoms with E-state index in [4.69, 9.17) is 27.9 Å². The van der Waals surface area contributed by atoms with Gasteiger partial charge in [0, 0.05) is 0 Å². The molecule has 0 aromatic heterocycles. The number of benzene rings is 1. The molecule has 26 heavy (non-hydrogen) atoms. The molecular weight excluding hydrogens is 395 g/mol. The second kappa shape index (κ2) is 7.25. The summed E-state index contributed by atoms with van der Waals surface area (Å²) in [5, 5.41) is 1.07. The Bertz CT molecular complexity index is 851. The third kappa shape index (κ3) is 3.38. The summed E-state index contributed by atoms with van der Waals surface area (Å²) < 4.78 is 5.41. The summed E-state index contributed by atoms with van der Waals surface area (Å²) in [7, 11) is 0. The summed E-state index contributed by atoms with van der Waals surface area (Å²) in [6, 6.07) is 4.45. The molecule has 0 bridgehead atoms. The van der Waals surface area contributed by atoms with Crippen molar-refractivity contribution in [3.63, 3.8) is 0 Å². The average molecular weight is 413 g/mol. The Hall–Kier alpha value is -1.50. The Balaban J connectivity index is 2.16. The number of esters is 1. The quantitative estimate of drug-likeness (QED) is 0.680. The second-order valence-electron chi connectivity index (χ2n) is 6.39. The molecule has 1 amide bonds. The minimum absolute atomic E-state index is 0.104. The number of rotatable bonds is 3. The number of ether oxygens (including phenoxy) is 1. The Morgan fingerprint density at radius 2 is 2.00 bits per heavy atom. The highest BCUT2D eigenvalue weighted by Gasteiger charge is 2.46. The molecule has 0 N–H and O–H groups in total. The van der Waals surface area contributed by atoms with Crippen LogP contribution in [0.1, 0.15) is 39.3 Å². The van der Waals surface area contributed by atoms with Crippen molar-refractivity contribution in [1.29, 1.82) is 0 Å². The topological polar surface area (TPSA) is 59.0 Å². The highest BCUT2D eigenvalue weighted by Crippen LogP contribution is 2.44. The van der Waals surface area contributed by atoms with Gasteiger partial charge in [0.25, 0.3) is 0 Å². The number of allylic oxidation sites excluding steroid dienone is 1. The van der Waals surface area contributed by atoms with Crippen molar-refractivity contribution in [2.45, 2.75) is 45.1 Å². The number of halogens is 2. The van der Waals surface area contributed by atoms with E-state index in [2.05, 4.69) is 4.99 Å². The summed E-state index contributed by atoms with van der Waals surface area (Å²) >= 11 is 13.6. The van der Waals surface area contributed by atoms with Crippen molar-refractivity contribution >= 4 is 52.0 Å². The van der Waals surface area contributed by atoms with E-state index >= 15 is 0 Å². The van der Waals surface area contributed by atoms with Crippen molar-refractivity contribution in [3.05, 3.63) is 45.1 Å². The average Bonchev–Trinajstić information content (AvgIpc) is 2.82. The van der Waals surface area contributed by atoms with E-state index in [1.54, 1.807) is 43.9 Å². The first-order chi connectivity index (χ1) is 12.2. The first-order valence-electron chi connectivity index (χ1n) is 8.15. The summed E-state index contributed by atoms with van der Waals surface area (Å²) in [5.41, 5.74) is 1.56. The predicted octanol–water partition coefficient (Wildman–Crippen LogP) is 4.59. The third-order valence-electron chi connectivity index (χ3n) is 4.08. The van der Waals surface area contributed by atoms with Crippen molar-refractivity contribution in [1.82, 2.24) is 4.90 Å². The molecule has 1 aromatic carbocycles. The highest BCUT2D eigenvalue weighted by molar-refractivity contribution is 8.15. The highest BCUT2D eigenvalue weighted by atomic mass is 35.5. The van der Waals surface area contributed by atoms with Crippen LogP contribution in [0.3, 0.4) is 0 Å². The monoisotopic (exact) mass is 412 g/mol. The Kier molecular flexibility index (Phi) is 5.37. The number of thioether (sulfide) groups is 1. The summed E-state index contributed by atoms with van der Waals surface area (Å²) in [6.07, 6.45) is -0.287. The van der Waals surface area contributed by atoms with Crippen LogP contribution in [-0.2, 0) is 14.3 Å². The second-order valence-corrected chi connectivity index (χ2v) is 8.51. The van der Waals surface area contributed by atoms with E-state index in [1.807, 2.05) is 6.92 Å². The molecule has 0 radical (unpaired) electrons. The Morgan fingerprint density at radius 3 is 2.62 bits per heavy atom. The molecule has 2 atom stereocenters. The van der Waals surface area contributed by atoms with Gasteiger partial charge in [0.05, 0.1) is 38.7 Å². The Labute approximate surface area is 166 Å². The molecule has 2 aliphatic rings. The first kappa shape index (κ1) is 19.3. The van der Waals surface area contributed by atoms with Gasteiger partial charge < -0.3 is 4.74 Å². The summed E-state index contributed by atoms with van der Waals surface area (Å²) in [5.74, 6) is -0.596. The molecule has 1 saturated heterocycles. The van der Waals surface area contributed by atoms with Gasteiger partial charge in [-0.2, -0.15) is 0 Å². The number of hydrogen-bond donors (Lipinski definition) is 0. The van der Waals surface area contributed by atoms with Crippen molar-refractivity contribution in [3.8, 4) is 0 Å². The van der Waals surface area contributed by atoms with Gasteiger partial charge in [0.2, 0.25) is 5.91 Å². The smallest absolute Gasteiger partial charge is 0.338 e. The van der Waals surface area contributed by atoms with E-state index < -0.39 is 12.0 Å². The van der Waals surface area contributed by atoms with E-state index in [1.165, 1.54) is 11.8 Å². The van der Waals surface area contributed by atoms with E-state index in [9.17, 15) is 9.59 Å². The van der Waals surface area contributed by atoms with E-state index in [-0.39, 0.29) is 17.3 Å². The predicted molar refractivity (Wildman–Crippen MR) is 104 cm³/mol. The zero-order valence-electron chi connectivity index (χ0n) is 14.7. The lowest BCUT2D eigenvalue weighted by Gasteiger charge is -2.33. The van der Waals surface area contributed by atoms with Crippen molar-refractivity contribution < 1.29 is 14.3 Å². The normalized spacial score (nSPS) is 22.7. The van der Waals surface area contributed by atoms with E-state index in [0.717, 1.165) is 0 Å². The maximum Gasteiger partial charge on any atom is 0.338 e. The van der Waals surface area contributed by atoms with Gasteiger partial charge in [-0.05, 0) is 45.4 Å². The van der Waals surface area contributed by atoms with Crippen LogP contribution in [0, 0.1) is 0 Å². The maximum atomic E-state index is 12.8. The van der Waals surface area contributed by atoms with Gasteiger partial charge in [0.1, 0.15) is 0 Å².